The summed E-state index contributed by atoms with van der Waals surface area (Å²) in [5, 5.41) is 9.88. The Hall–Kier alpha value is -2.49. The van der Waals surface area contributed by atoms with E-state index in [4.69, 9.17) is 16.3 Å². The predicted octanol–water partition coefficient (Wildman–Crippen LogP) is 4.33. The minimum Gasteiger partial charge on any atom is -0.481 e. The van der Waals surface area contributed by atoms with Crippen molar-refractivity contribution in [3.05, 3.63) is 64.9 Å². The quantitative estimate of drug-likeness (QED) is 0.490. The summed E-state index contributed by atoms with van der Waals surface area (Å²) in [7, 11) is -1.45. The van der Waals surface area contributed by atoms with Crippen LogP contribution >= 0.6 is 11.6 Å². The number of hydrogen-bond donors (Lipinski definition) is 1. The van der Waals surface area contributed by atoms with Gasteiger partial charge in [-0.25, -0.2) is 8.60 Å². The van der Waals surface area contributed by atoms with Gasteiger partial charge in [0.2, 0.25) is 0 Å². The molecule has 1 saturated heterocycles. The third kappa shape index (κ3) is 5.43. The highest BCUT2D eigenvalue weighted by Crippen LogP contribution is 2.43. The molecule has 36 heavy (non-hydrogen) atoms. The SMILES string of the molecule is O=C(O)CC1OCC(c2ccc(Cl)cc2)N(C(CN(c2ccccc2F)S(=O)C2CC2)C2CC2)C1=O. The van der Waals surface area contributed by atoms with Gasteiger partial charge in [-0.2, -0.15) is 0 Å². The highest BCUT2D eigenvalue weighted by Gasteiger charge is 2.48. The van der Waals surface area contributed by atoms with Gasteiger partial charge in [0.25, 0.3) is 5.91 Å². The fourth-order valence-corrected chi connectivity index (χ4v) is 6.47. The van der Waals surface area contributed by atoms with E-state index in [0.717, 1.165) is 31.2 Å². The lowest BCUT2D eigenvalue weighted by atomic mass is 9.97. The molecule has 1 aliphatic heterocycles. The highest BCUT2D eigenvalue weighted by atomic mass is 35.5. The first kappa shape index (κ1) is 25.2. The van der Waals surface area contributed by atoms with E-state index in [-0.39, 0.29) is 36.0 Å². The molecule has 0 spiro atoms. The van der Waals surface area contributed by atoms with Crippen LogP contribution in [0.4, 0.5) is 10.1 Å². The van der Waals surface area contributed by atoms with Gasteiger partial charge in [-0.3, -0.25) is 13.9 Å². The number of carboxylic acid groups (broad SMARTS) is 1. The van der Waals surface area contributed by atoms with E-state index in [1.807, 2.05) is 12.1 Å². The predicted molar refractivity (Wildman–Crippen MR) is 134 cm³/mol. The van der Waals surface area contributed by atoms with Crippen LogP contribution in [0.3, 0.4) is 0 Å². The number of para-hydroxylation sites is 1. The monoisotopic (exact) mass is 534 g/mol. The van der Waals surface area contributed by atoms with Crippen molar-refractivity contribution in [3.63, 3.8) is 0 Å². The number of carbonyl (C=O) groups excluding carboxylic acids is 1. The number of nitrogens with zero attached hydrogens (tertiary/aromatic N) is 2. The van der Waals surface area contributed by atoms with Gasteiger partial charge in [0.1, 0.15) is 22.9 Å². The Morgan fingerprint density at radius 3 is 2.47 bits per heavy atom. The van der Waals surface area contributed by atoms with Crippen molar-refractivity contribution in [1.29, 1.82) is 0 Å². The van der Waals surface area contributed by atoms with Gasteiger partial charge in [0.05, 0.1) is 42.6 Å². The first-order chi connectivity index (χ1) is 17.3. The number of halogens is 2. The number of carbonyl (C=O) groups is 2. The van der Waals surface area contributed by atoms with E-state index in [9.17, 15) is 23.3 Å². The maximum atomic E-state index is 14.9. The zero-order valence-electron chi connectivity index (χ0n) is 19.6. The molecule has 1 heterocycles. The van der Waals surface area contributed by atoms with Gasteiger partial charge >= 0.3 is 5.97 Å². The smallest absolute Gasteiger partial charge is 0.306 e. The van der Waals surface area contributed by atoms with Crippen molar-refractivity contribution < 1.29 is 28.0 Å². The van der Waals surface area contributed by atoms with Crippen molar-refractivity contribution in [2.24, 2.45) is 5.92 Å². The second-order valence-electron chi connectivity index (χ2n) is 9.63. The number of aliphatic carboxylic acids is 1. The number of anilines is 1. The second-order valence-corrected chi connectivity index (χ2v) is 11.7. The number of rotatable bonds is 10. The van der Waals surface area contributed by atoms with Gasteiger partial charge in [-0.15, -0.1) is 0 Å². The molecule has 2 aromatic carbocycles. The van der Waals surface area contributed by atoms with Crippen LogP contribution in [-0.4, -0.2) is 56.6 Å². The first-order valence-corrected chi connectivity index (χ1v) is 13.7. The van der Waals surface area contributed by atoms with Gasteiger partial charge in [0, 0.05) is 5.02 Å². The molecule has 4 atom stereocenters. The molecule has 0 aromatic heterocycles. The first-order valence-electron chi connectivity index (χ1n) is 12.2. The minimum absolute atomic E-state index is 0.0309. The molecule has 2 aromatic rings. The Morgan fingerprint density at radius 1 is 1.17 bits per heavy atom. The summed E-state index contributed by atoms with van der Waals surface area (Å²) in [6.45, 7) is 0.310. The molecule has 1 amide bonds. The van der Waals surface area contributed by atoms with Gasteiger partial charge in [-0.1, -0.05) is 35.9 Å². The molecule has 3 aliphatic rings. The largest absolute Gasteiger partial charge is 0.481 e. The van der Waals surface area contributed by atoms with E-state index in [1.54, 1.807) is 39.5 Å². The van der Waals surface area contributed by atoms with Crippen molar-refractivity contribution >= 4 is 40.2 Å². The number of hydrogen-bond acceptors (Lipinski definition) is 4. The summed E-state index contributed by atoms with van der Waals surface area (Å²) in [6.07, 6.45) is 1.85. The molecule has 0 radical (unpaired) electrons. The van der Waals surface area contributed by atoms with Crippen LogP contribution in [0.5, 0.6) is 0 Å². The molecule has 0 bridgehead atoms. The van der Waals surface area contributed by atoms with E-state index < -0.39 is 47.2 Å². The Bertz CT molecular complexity index is 1160. The summed E-state index contributed by atoms with van der Waals surface area (Å²) in [4.78, 5) is 26.9. The lowest BCUT2D eigenvalue weighted by Crippen LogP contribution is -2.58. The maximum Gasteiger partial charge on any atom is 0.306 e. The maximum absolute atomic E-state index is 14.9. The molecular weight excluding hydrogens is 507 g/mol. The van der Waals surface area contributed by atoms with Gasteiger partial charge in [-0.05, 0) is 61.4 Å². The number of carboxylic acids is 1. The number of benzene rings is 2. The van der Waals surface area contributed by atoms with Crippen LogP contribution in [0.1, 0.15) is 43.7 Å². The Morgan fingerprint density at radius 2 is 1.86 bits per heavy atom. The number of ether oxygens (including phenoxy) is 1. The molecule has 10 heteroatoms. The third-order valence-corrected chi connectivity index (χ3v) is 9.03. The minimum atomic E-state index is -1.45. The summed E-state index contributed by atoms with van der Waals surface area (Å²) in [6, 6.07) is 12.5. The van der Waals surface area contributed by atoms with Crippen LogP contribution < -0.4 is 4.31 Å². The van der Waals surface area contributed by atoms with Crippen molar-refractivity contribution in [2.45, 2.75) is 55.5 Å². The lowest BCUT2D eigenvalue weighted by Gasteiger charge is -2.45. The molecule has 3 fully saturated rings. The lowest BCUT2D eigenvalue weighted by molar-refractivity contribution is -0.169. The summed E-state index contributed by atoms with van der Waals surface area (Å²) < 4.78 is 35.7. The average Bonchev–Trinajstić information content (AvgIpc) is 3.76. The molecule has 7 nitrogen and oxygen atoms in total. The molecule has 5 rings (SSSR count). The Kier molecular flexibility index (Phi) is 7.32. The fraction of sp³-hybridized carbons (Fsp3) is 0.462. The van der Waals surface area contributed by atoms with E-state index >= 15 is 0 Å². The Balaban J connectivity index is 1.52. The highest BCUT2D eigenvalue weighted by molar-refractivity contribution is 7.87. The topological polar surface area (TPSA) is 87.2 Å². The normalized spacial score (nSPS) is 23.8. The van der Waals surface area contributed by atoms with Gasteiger partial charge < -0.3 is 14.7 Å². The summed E-state index contributed by atoms with van der Waals surface area (Å²) >= 11 is 6.09. The fourth-order valence-electron chi connectivity index (χ4n) is 4.81. The standard InChI is InChI=1S/C26H28ClFN2O5S/c27-18-9-7-17(8-10-18)23-15-35-24(13-25(31)32)26(33)30(23)22(16-5-6-16)14-29(36(34)19-11-12-19)21-4-2-1-3-20(21)28/h1-4,7-10,16,19,22-24H,5-6,11-15H2,(H,31,32). The third-order valence-electron chi connectivity index (χ3n) is 6.96. The van der Waals surface area contributed by atoms with E-state index in [1.165, 1.54) is 6.07 Å². The van der Waals surface area contributed by atoms with Crippen LogP contribution in [0.2, 0.25) is 5.02 Å². The number of morpholine rings is 1. The molecule has 192 valence electrons. The molecular formula is C26H28ClFN2O5S. The molecule has 2 aliphatic carbocycles. The second kappa shape index (κ2) is 10.5. The summed E-state index contributed by atoms with van der Waals surface area (Å²) in [5.41, 5.74) is 1.06. The van der Waals surface area contributed by atoms with Crippen LogP contribution in [0, 0.1) is 11.7 Å². The molecule has 2 saturated carbocycles. The zero-order valence-corrected chi connectivity index (χ0v) is 21.2. The van der Waals surface area contributed by atoms with Crippen LogP contribution in [0.15, 0.2) is 48.5 Å². The summed E-state index contributed by atoms with van der Waals surface area (Å²) in [5.74, 6) is -1.86. The van der Waals surface area contributed by atoms with E-state index in [2.05, 4.69) is 0 Å². The van der Waals surface area contributed by atoms with Crippen molar-refractivity contribution in [2.75, 3.05) is 17.5 Å². The van der Waals surface area contributed by atoms with Crippen molar-refractivity contribution in [1.82, 2.24) is 4.90 Å². The van der Waals surface area contributed by atoms with Crippen LogP contribution in [-0.2, 0) is 25.3 Å². The van der Waals surface area contributed by atoms with E-state index in [0.29, 0.717) is 5.02 Å². The van der Waals surface area contributed by atoms with Crippen molar-refractivity contribution in [3.8, 4) is 0 Å². The average molecular weight is 535 g/mol. The van der Waals surface area contributed by atoms with Crippen LogP contribution in [0.25, 0.3) is 0 Å². The molecule has 1 N–H and O–H groups in total. The zero-order chi connectivity index (χ0) is 25.4. The Labute approximate surface area is 216 Å². The van der Waals surface area contributed by atoms with Gasteiger partial charge in [0.15, 0.2) is 0 Å². The molecule has 4 unspecified atom stereocenters. The number of amides is 1.